The molecular weight excluding hydrogens is 372 g/mol. The maximum Gasteiger partial charge on any atom is 0.303 e. The van der Waals surface area contributed by atoms with Crippen LogP contribution < -0.4 is 0 Å². The lowest BCUT2D eigenvalue weighted by molar-refractivity contribution is -0.163. The fourth-order valence-corrected chi connectivity index (χ4v) is 5.18. The molecule has 3 N–H and O–H groups in total. The molecule has 0 fully saturated rings. The van der Waals surface area contributed by atoms with Gasteiger partial charge in [-0.1, -0.05) is 38.1 Å². The number of aromatic hydroxyl groups is 1. The van der Waals surface area contributed by atoms with Gasteiger partial charge in [-0.05, 0) is 46.0 Å². The highest BCUT2D eigenvalue weighted by atomic mass is 16.5. The van der Waals surface area contributed by atoms with Gasteiger partial charge in [0, 0.05) is 18.3 Å². The number of ketones is 1. The summed E-state index contributed by atoms with van der Waals surface area (Å²) in [7, 11) is 0. The largest absolute Gasteiger partial charge is 0.508 e. The Balaban J connectivity index is 1.85. The molecule has 152 valence electrons. The Hall–Kier alpha value is -2.70. The minimum Gasteiger partial charge on any atom is -0.508 e. The van der Waals surface area contributed by atoms with Crippen molar-refractivity contribution in [2.45, 2.75) is 38.9 Å². The van der Waals surface area contributed by atoms with Crippen LogP contribution in [0.25, 0.3) is 16.3 Å². The molecule has 2 aromatic carbocycles. The van der Waals surface area contributed by atoms with Crippen LogP contribution in [0.4, 0.5) is 0 Å². The van der Waals surface area contributed by atoms with Crippen LogP contribution in [-0.4, -0.2) is 39.3 Å². The lowest BCUT2D eigenvalue weighted by Gasteiger charge is -2.47. The Morgan fingerprint density at radius 1 is 1.24 bits per heavy atom. The zero-order valence-electron chi connectivity index (χ0n) is 16.6. The Kier molecular flexibility index (Phi) is 4.33. The zero-order valence-corrected chi connectivity index (χ0v) is 16.6. The van der Waals surface area contributed by atoms with Gasteiger partial charge in [0.05, 0.1) is 6.10 Å². The van der Waals surface area contributed by atoms with E-state index in [1.807, 2.05) is 18.2 Å². The molecule has 0 saturated carbocycles. The summed E-state index contributed by atoms with van der Waals surface area (Å²) in [5.41, 5.74) is -0.498. The summed E-state index contributed by atoms with van der Waals surface area (Å²) < 4.78 is 4.86. The highest BCUT2D eigenvalue weighted by Gasteiger charge is 2.63. The molecule has 0 heterocycles. The minimum atomic E-state index is -1.79. The van der Waals surface area contributed by atoms with Crippen molar-refractivity contribution in [2.75, 3.05) is 6.61 Å². The third-order valence-corrected chi connectivity index (χ3v) is 6.61. The SMILES string of the molecule is CC(=O)OCC(=O)[C@@]1(O)[C@@H](C)C=C2c3ccc4cc(O)ccc4c3[C@@H](O)C[C@@]21C. The summed E-state index contributed by atoms with van der Waals surface area (Å²) in [5.74, 6) is -1.53. The molecule has 6 nitrogen and oxygen atoms in total. The molecule has 0 unspecified atom stereocenters. The second-order valence-electron chi connectivity index (χ2n) is 8.32. The molecule has 0 aromatic heterocycles. The third kappa shape index (κ3) is 2.63. The van der Waals surface area contributed by atoms with Crippen LogP contribution in [0.5, 0.6) is 5.75 Å². The number of benzene rings is 2. The summed E-state index contributed by atoms with van der Waals surface area (Å²) in [6, 6.07) is 8.70. The first-order chi connectivity index (χ1) is 13.6. The van der Waals surface area contributed by atoms with Gasteiger partial charge in [-0.2, -0.15) is 0 Å². The van der Waals surface area contributed by atoms with Crippen LogP contribution in [0.3, 0.4) is 0 Å². The maximum absolute atomic E-state index is 12.9. The summed E-state index contributed by atoms with van der Waals surface area (Å²) in [4.78, 5) is 24.1. The van der Waals surface area contributed by atoms with E-state index in [-0.39, 0.29) is 12.2 Å². The molecule has 2 aliphatic carbocycles. The van der Waals surface area contributed by atoms with Gasteiger partial charge in [-0.25, -0.2) is 0 Å². The standard InChI is InChI=1S/C23H24O6/c1-12-8-18-17-6-4-14-9-15(25)5-7-16(14)21(17)19(26)10-22(18,3)23(12,28)20(27)11-29-13(2)24/h4-9,12,19,25-26,28H,10-11H2,1-3H3/t12-,19-,22-,23-/m0/s1. The Morgan fingerprint density at radius 2 is 1.97 bits per heavy atom. The van der Waals surface area contributed by atoms with Crippen molar-refractivity contribution in [1.82, 2.24) is 0 Å². The van der Waals surface area contributed by atoms with Crippen molar-refractivity contribution >= 4 is 28.1 Å². The Morgan fingerprint density at radius 3 is 2.66 bits per heavy atom. The van der Waals surface area contributed by atoms with Crippen LogP contribution in [0.2, 0.25) is 0 Å². The first-order valence-electron chi connectivity index (χ1n) is 9.65. The van der Waals surface area contributed by atoms with Gasteiger partial charge in [-0.15, -0.1) is 0 Å². The monoisotopic (exact) mass is 396 g/mol. The first-order valence-corrected chi connectivity index (χ1v) is 9.65. The third-order valence-electron chi connectivity index (χ3n) is 6.61. The summed E-state index contributed by atoms with van der Waals surface area (Å²) in [6.45, 7) is 4.24. The van der Waals surface area contributed by atoms with E-state index in [2.05, 4.69) is 0 Å². The van der Waals surface area contributed by atoms with E-state index in [1.54, 1.807) is 32.0 Å². The number of carbonyl (C=O) groups excluding carboxylic acids is 2. The average molecular weight is 396 g/mol. The quantitative estimate of drug-likeness (QED) is 0.689. The summed E-state index contributed by atoms with van der Waals surface area (Å²) in [5, 5.41) is 34.0. The number of ether oxygens (including phenoxy) is 1. The average Bonchev–Trinajstić information content (AvgIpc) is 2.86. The predicted molar refractivity (Wildman–Crippen MR) is 107 cm³/mol. The number of phenols is 1. The van der Waals surface area contributed by atoms with Crippen molar-refractivity contribution < 1.29 is 29.6 Å². The van der Waals surface area contributed by atoms with Crippen molar-refractivity contribution in [3.8, 4) is 5.75 Å². The van der Waals surface area contributed by atoms with Crippen molar-refractivity contribution in [3.63, 3.8) is 0 Å². The number of hydrogen-bond acceptors (Lipinski definition) is 6. The molecule has 4 atom stereocenters. The Labute approximate surface area is 168 Å². The predicted octanol–water partition coefficient (Wildman–Crippen LogP) is 2.89. The van der Waals surface area contributed by atoms with E-state index in [0.29, 0.717) is 0 Å². The molecule has 2 aromatic rings. The number of aliphatic hydroxyl groups is 2. The number of Topliss-reactive ketones (excluding diaryl/α,β-unsaturated/α-hetero) is 1. The van der Waals surface area contributed by atoms with Crippen LogP contribution in [-0.2, 0) is 14.3 Å². The maximum atomic E-state index is 12.9. The second kappa shape index (κ2) is 6.40. The lowest BCUT2D eigenvalue weighted by Crippen LogP contribution is -2.56. The molecular formula is C23H24O6. The van der Waals surface area contributed by atoms with Crippen LogP contribution >= 0.6 is 0 Å². The summed E-state index contributed by atoms with van der Waals surface area (Å²) in [6.07, 6.45) is 1.12. The second-order valence-corrected chi connectivity index (χ2v) is 8.32. The van der Waals surface area contributed by atoms with Gasteiger partial charge in [0.2, 0.25) is 5.78 Å². The van der Waals surface area contributed by atoms with E-state index in [9.17, 15) is 24.9 Å². The molecule has 29 heavy (non-hydrogen) atoms. The van der Waals surface area contributed by atoms with E-state index in [0.717, 1.165) is 27.5 Å². The van der Waals surface area contributed by atoms with Gasteiger partial charge in [-0.3, -0.25) is 9.59 Å². The van der Waals surface area contributed by atoms with Gasteiger partial charge in [0.1, 0.15) is 11.4 Å². The number of hydrogen-bond donors (Lipinski definition) is 3. The molecule has 0 radical (unpaired) electrons. The fourth-order valence-electron chi connectivity index (χ4n) is 5.18. The van der Waals surface area contributed by atoms with Crippen LogP contribution in [0, 0.1) is 11.3 Å². The topological polar surface area (TPSA) is 104 Å². The number of esters is 1. The van der Waals surface area contributed by atoms with Crippen molar-refractivity contribution in [3.05, 3.63) is 47.5 Å². The molecule has 0 spiro atoms. The van der Waals surface area contributed by atoms with Gasteiger partial charge in [0.25, 0.3) is 0 Å². The Bertz CT molecular complexity index is 1070. The fraction of sp³-hybridized carbons (Fsp3) is 0.391. The van der Waals surface area contributed by atoms with Gasteiger partial charge >= 0.3 is 5.97 Å². The van der Waals surface area contributed by atoms with Gasteiger partial charge < -0.3 is 20.1 Å². The van der Waals surface area contributed by atoms with Crippen LogP contribution in [0.15, 0.2) is 36.4 Å². The molecule has 0 amide bonds. The number of phenolic OH excluding ortho intramolecular Hbond substituents is 1. The number of carbonyl (C=O) groups is 2. The molecule has 0 aliphatic heterocycles. The number of aliphatic hydroxyl groups excluding tert-OH is 1. The molecule has 2 aliphatic rings. The molecule has 4 rings (SSSR count). The summed E-state index contributed by atoms with van der Waals surface area (Å²) >= 11 is 0. The van der Waals surface area contributed by atoms with E-state index < -0.39 is 41.4 Å². The zero-order chi connectivity index (χ0) is 21.1. The van der Waals surface area contributed by atoms with E-state index >= 15 is 0 Å². The van der Waals surface area contributed by atoms with E-state index in [4.69, 9.17) is 4.74 Å². The lowest BCUT2D eigenvalue weighted by atomic mass is 9.59. The van der Waals surface area contributed by atoms with Crippen molar-refractivity contribution in [2.24, 2.45) is 11.3 Å². The smallest absolute Gasteiger partial charge is 0.303 e. The van der Waals surface area contributed by atoms with Gasteiger partial charge in [0.15, 0.2) is 6.61 Å². The minimum absolute atomic E-state index is 0.145. The number of fused-ring (bicyclic) bond motifs is 5. The van der Waals surface area contributed by atoms with Crippen LogP contribution in [0.1, 0.15) is 44.4 Å². The molecule has 0 bridgehead atoms. The highest BCUT2D eigenvalue weighted by molar-refractivity contribution is 5.99. The van der Waals surface area contributed by atoms with Crippen molar-refractivity contribution in [1.29, 1.82) is 0 Å². The molecule has 0 saturated heterocycles. The first kappa shape index (κ1) is 19.6. The normalized spacial score (nSPS) is 30.4. The molecule has 6 heteroatoms. The highest BCUT2D eigenvalue weighted by Crippen LogP contribution is 2.62. The van der Waals surface area contributed by atoms with E-state index in [1.165, 1.54) is 6.92 Å². The number of rotatable bonds is 3.